The quantitative estimate of drug-likeness (QED) is 0.698. The molecule has 1 aliphatic heterocycles. The van der Waals surface area contributed by atoms with Crippen LogP contribution in [0.4, 0.5) is 0 Å². The van der Waals surface area contributed by atoms with E-state index >= 15 is 0 Å². The van der Waals surface area contributed by atoms with Gasteiger partial charge in [-0.2, -0.15) is 10.5 Å². The van der Waals surface area contributed by atoms with E-state index in [1.165, 1.54) is 6.08 Å². The zero-order valence-electron chi connectivity index (χ0n) is 8.03. The highest BCUT2D eigenvalue weighted by Gasteiger charge is 2.17. The van der Waals surface area contributed by atoms with Crippen LogP contribution in [0.2, 0.25) is 5.02 Å². The second kappa shape index (κ2) is 4.14. The number of ether oxygens (including phenoxy) is 2. The SMILES string of the molecule is N#CC(C#N)=Cc1cc(Cl)c2c(c1)OCO2. The average molecular weight is 233 g/mol. The fourth-order valence-corrected chi connectivity index (χ4v) is 1.60. The lowest BCUT2D eigenvalue weighted by Crippen LogP contribution is -1.93. The van der Waals surface area contributed by atoms with Crippen LogP contribution in [0.25, 0.3) is 6.08 Å². The molecule has 0 amide bonds. The molecule has 2 rings (SSSR count). The summed E-state index contributed by atoms with van der Waals surface area (Å²) in [6, 6.07) is 6.83. The van der Waals surface area contributed by atoms with Crippen LogP contribution in [0.5, 0.6) is 11.5 Å². The molecule has 0 aliphatic carbocycles. The lowest BCUT2D eigenvalue weighted by molar-refractivity contribution is 0.174. The van der Waals surface area contributed by atoms with E-state index in [0.29, 0.717) is 22.1 Å². The number of hydrogen-bond donors (Lipinski definition) is 0. The summed E-state index contributed by atoms with van der Waals surface area (Å²) in [6.45, 7) is 0.131. The summed E-state index contributed by atoms with van der Waals surface area (Å²) in [6.07, 6.45) is 1.44. The number of allylic oxidation sites excluding steroid dienone is 1. The van der Waals surface area contributed by atoms with Crippen molar-refractivity contribution in [3.8, 4) is 23.6 Å². The van der Waals surface area contributed by atoms with Crippen molar-refractivity contribution in [2.45, 2.75) is 0 Å². The van der Waals surface area contributed by atoms with Gasteiger partial charge in [-0.05, 0) is 23.8 Å². The van der Waals surface area contributed by atoms with Crippen molar-refractivity contribution >= 4 is 17.7 Å². The van der Waals surface area contributed by atoms with E-state index < -0.39 is 0 Å². The maximum atomic E-state index is 8.62. The molecule has 1 aromatic rings. The first-order valence-electron chi connectivity index (χ1n) is 4.35. The summed E-state index contributed by atoms with van der Waals surface area (Å²) < 4.78 is 10.3. The molecule has 5 heteroatoms. The maximum absolute atomic E-state index is 8.62. The molecule has 4 nitrogen and oxygen atoms in total. The lowest BCUT2D eigenvalue weighted by atomic mass is 10.1. The van der Waals surface area contributed by atoms with Crippen LogP contribution in [0.1, 0.15) is 5.56 Å². The summed E-state index contributed by atoms with van der Waals surface area (Å²) in [7, 11) is 0. The van der Waals surface area contributed by atoms with E-state index in [9.17, 15) is 0 Å². The van der Waals surface area contributed by atoms with Crippen molar-refractivity contribution in [3.05, 3.63) is 28.3 Å². The van der Waals surface area contributed by atoms with Crippen LogP contribution in [-0.4, -0.2) is 6.79 Å². The Morgan fingerprint density at radius 3 is 2.75 bits per heavy atom. The number of nitrogens with zero attached hydrogens (tertiary/aromatic N) is 2. The average Bonchev–Trinajstić information content (AvgIpc) is 2.74. The normalized spacial score (nSPS) is 11.4. The third kappa shape index (κ3) is 1.79. The predicted octanol–water partition coefficient (Wildman–Crippen LogP) is 2.50. The van der Waals surface area contributed by atoms with E-state index in [-0.39, 0.29) is 12.4 Å². The van der Waals surface area contributed by atoms with Gasteiger partial charge in [-0.15, -0.1) is 0 Å². The van der Waals surface area contributed by atoms with E-state index in [1.54, 1.807) is 24.3 Å². The summed E-state index contributed by atoms with van der Waals surface area (Å²) in [5, 5.41) is 17.6. The Hall–Kier alpha value is -2.17. The summed E-state index contributed by atoms with van der Waals surface area (Å²) >= 11 is 5.94. The third-order valence-electron chi connectivity index (χ3n) is 2.00. The molecule has 0 bridgehead atoms. The first-order chi connectivity index (χ1) is 7.74. The molecule has 0 unspecified atom stereocenters. The van der Waals surface area contributed by atoms with Crippen molar-refractivity contribution in [1.82, 2.24) is 0 Å². The minimum atomic E-state index is 0.00920. The number of fused-ring (bicyclic) bond motifs is 1. The standard InChI is InChI=1S/C11H5ClN2O2/c12-9-2-7(1-8(4-13)5-14)3-10-11(9)16-6-15-10/h1-3H,6H2. The molecule has 0 spiro atoms. The van der Waals surface area contributed by atoms with Crippen molar-refractivity contribution < 1.29 is 9.47 Å². The highest BCUT2D eigenvalue weighted by Crippen LogP contribution is 2.40. The molecule has 1 heterocycles. The van der Waals surface area contributed by atoms with Gasteiger partial charge in [0.2, 0.25) is 6.79 Å². The first kappa shape index (κ1) is 10.4. The van der Waals surface area contributed by atoms with Gasteiger partial charge in [0.15, 0.2) is 11.5 Å². The van der Waals surface area contributed by atoms with Gasteiger partial charge in [-0.1, -0.05) is 11.6 Å². The Bertz CT molecular complexity index is 536. The van der Waals surface area contributed by atoms with E-state index in [4.69, 9.17) is 31.6 Å². The smallest absolute Gasteiger partial charge is 0.231 e. The fourth-order valence-electron chi connectivity index (χ4n) is 1.33. The van der Waals surface area contributed by atoms with Gasteiger partial charge in [0.25, 0.3) is 0 Å². The number of rotatable bonds is 1. The number of benzene rings is 1. The fraction of sp³-hybridized carbons (Fsp3) is 0.0909. The molecule has 16 heavy (non-hydrogen) atoms. The van der Waals surface area contributed by atoms with Crippen LogP contribution in [0.3, 0.4) is 0 Å². The topological polar surface area (TPSA) is 66.0 Å². The Kier molecular flexibility index (Phi) is 2.68. The monoisotopic (exact) mass is 232 g/mol. The largest absolute Gasteiger partial charge is 0.454 e. The molecular formula is C11H5ClN2O2. The molecular weight excluding hydrogens is 228 g/mol. The Morgan fingerprint density at radius 2 is 2.06 bits per heavy atom. The molecule has 1 aromatic carbocycles. The Labute approximate surface area is 96.9 Å². The van der Waals surface area contributed by atoms with E-state index in [1.807, 2.05) is 0 Å². The van der Waals surface area contributed by atoms with Crippen LogP contribution >= 0.6 is 11.6 Å². The van der Waals surface area contributed by atoms with Crippen molar-refractivity contribution in [1.29, 1.82) is 10.5 Å². The maximum Gasteiger partial charge on any atom is 0.231 e. The van der Waals surface area contributed by atoms with Gasteiger partial charge in [-0.3, -0.25) is 0 Å². The van der Waals surface area contributed by atoms with Gasteiger partial charge >= 0.3 is 0 Å². The molecule has 0 radical (unpaired) electrons. The third-order valence-corrected chi connectivity index (χ3v) is 2.28. The van der Waals surface area contributed by atoms with Crippen molar-refractivity contribution in [2.75, 3.05) is 6.79 Å². The van der Waals surface area contributed by atoms with Crippen LogP contribution in [-0.2, 0) is 0 Å². The van der Waals surface area contributed by atoms with Crippen LogP contribution in [0, 0.1) is 22.7 Å². The summed E-state index contributed by atoms with van der Waals surface area (Å²) in [5.41, 5.74) is 0.641. The molecule has 78 valence electrons. The van der Waals surface area contributed by atoms with Gasteiger partial charge in [0, 0.05) is 0 Å². The van der Waals surface area contributed by atoms with Gasteiger partial charge in [0.1, 0.15) is 17.7 Å². The number of hydrogen-bond acceptors (Lipinski definition) is 4. The number of nitriles is 2. The molecule has 0 N–H and O–H groups in total. The molecule has 0 atom stereocenters. The number of halogens is 1. The van der Waals surface area contributed by atoms with Crippen LogP contribution < -0.4 is 9.47 Å². The molecule has 0 saturated carbocycles. The second-order valence-corrected chi connectivity index (χ2v) is 3.43. The predicted molar refractivity (Wildman–Crippen MR) is 56.8 cm³/mol. The zero-order valence-corrected chi connectivity index (χ0v) is 8.78. The van der Waals surface area contributed by atoms with Gasteiger partial charge < -0.3 is 9.47 Å². The van der Waals surface area contributed by atoms with Gasteiger partial charge in [0.05, 0.1) is 5.02 Å². The van der Waals surface area contributed by atoms with Gasteiger partial charge in [-0.25, -0.2) is 0 Å². The highest BCUT2D eigenvalue weighted by atomic mass is 35.5. The van der Waals surface area contributed by atoms with Crippen LogP contribution in [0.15, 0.2) is 17.7 Å². The first-order valence-corrected chi connectivity index (χ1v) is 4.73. The molecule has 0 fully saturated rings. The summed E-state index contributed by atoms with van der Waals surface area (Å²) in [5.74, 6) is 1.02. The minimum absolute atomic E-state index is 0.00920. The molecule has 0 saturated heterocycles. The van der Waals surface area contributed by atoms with Crippen molar-refractivity contribution in [3.63, 3.8) is 0 Å². The molecule has 0 aromatic heterocycles. The Balaban J connectivity index is 2.47. The lowest BCUT2D eigenvalue weighted by Gasteiger charge is -2.00. The zero-order chi connectivity index (χ0) is 11.5. The van der Waals surface area contributed by atoms with E-state index in [2.05, 4.69) is 0 Å². The minimum Gasteiger partial charge on any atom is -0.454 e. The van der Waals surface area contributed by atoms with E-state index in [0.717, 1.165) is 0 Å². The summed E-state index contributed by atoms with van der Waals surface area (Å²) in [4.78, 5) is 0. The highest BCUT2D eigenvalue weighted by molar-refractivity contribution is 6.32. The molecule has 1 aliphatic rings. The van der Waals surface area contributed by atoms with Crippen molar-refractivity contribution in [2.24, 2.45) is 0 Å². The Morgan fingerprint density at radius 1 is 1.31 bits per heavy atom. The second-order valence-electron chi connectivity index (χ2n) is 3.02.